The maximum absolute atomic E-state index is 12.7. The molecular formula is C23H27N7O3. The number of aromatic nitrogens is 4. The van der Waals surface area contributed by atoms with Crippen LogP contribution in [-0.2, 0) is 11.2 Å². The third-order valence-corrected chi connectivity index (χ3v) is 5.88. The summed E-state index contributed by atoms with van der Waals surface area (Å²) in [6.07, 6.45) is 1.81. The zero-order chi connectivity index (χ0) is 23.4. The van der Waals surface area contributed by atoms with Crippen LogP contribution in [-0.4, -0.2) is 74.3 Å². The number of benzene rings is 1. The number of anilines is 1. The Bertz CT molecular complexity index is 1170. The second kappa shape index (κ2) is 9.78. The Labute approximate surface area is 191 Å². The lowest BCUT2D eigenvalue weighted by molar-refractivity contribution is -0.132. The van der Waals surface area contributed by atoms with E-state index < -0.39 is 0 Å². The molecule has 3 aromatic rings. The molecule has 1 aromatic carbocycles. The molecule has 0 aliphatic carbocycles. The fraction of sp³-hybridized carbons (Fsp3) is 0.348. The minimum absolute atomic E-state index is 0.126. The highest BCUT2D eigenvalue weighted by Gasteiger charge is 2.20. The molecular weight excluding hydrogens is 422 g/mol. The van der Waals surface area contributed by atoms with Gasteiger partial charge in [-0.15, -0.1) is 0 Å². The van der Waals surface area contributed by atoms with Gasteiger partial charge in [0.1, 0.15) is 0 Å². The second-order valence-corrected chi connectivity index (χ2v) is 7.98. The molecule has 0 spiro atoms. The Morgan fingerprint density at radius 2 is 1.79 bits per heavy atom. The monoisotopic (exact) mass is 449 g/mol. The molecule has 10 nitrogen and oxygen atoms in total. The average Bonchev–Trinajstić information content (AvgIpc) is 3.22. The van der Waals surface area contributed by atoms with Crippen LogP contribution in [0.5, 0.6) is 0 Å². The molecule has 0 radical (unpaired) electrons. The maximum atomic E-state index is 12.7. The van der Waals surface area contributed by atoms with E-state index in [2.05, 4.69) is 32.4 Å². The van der Waals surface area contributed by atoms with Crippen molar-refractivity contribution in [3.8, 4) is 5.82 Å². The summed E-state index contributed by atoms with van der Waals surface area (Å²) in [5.41, 5.74) is 2.21. The number of aromatic amines is 1. The predicted molar refractivity (Wildman–Crippen MR) is 124 cm³/mol. The van der Waals surface area contributed by atoms with Crippen LogP contribution in [0.4, 0.5) is 5.69 Å². The number of nitrogens with one attached hydrogen (secondary N) is 2. The van der Waals surface area contributed by atoms with Crippen molar-refractivity contribution in [2.24, 2.45) is 0 Å². The van der Waals surface area contributed by atoms with E-state index in [1.807, 2.05) is 17.0 Å². The number of carbonyl (C=O) groups is 2. The maximum Gasteiger partial charge on any atom is 0.264 e. The predicted octanol–water partition coefficient (Wildman–Crippen LogP) is 1.22. The van der Waals surface area contributed by atoms with E-state index in [-0.39, 0.29) is 17.4 Å². The molecule has 0 bridgehead atoms. The van der Waals surface area contributed by atoms with Crippen LogP contribution in [0, 0.1) is 6.92 Å². The van der Waals surface area contributed by atoms with Gasteiger partial charge in [0.25, 0.3) is 11.5 Å². The smallest absolute Gasteiger partial charge is 0.264 e. The first-order valence-electron chi connectivity index (χ1n) is 11.0. The van der Waals surface area contributed by atoms with Crippen molar-refractivity contribution in [3.63, 3.8) is 0 Å². The highest BCUT2D eigenvalue weighted by molar-refractivity contribution is 6.05. The summed E-state index contributed by atoms with van der Waals surface area (Å²) in [5, 5.41) is 13.4. The molecule has 4 rings (SSSR count). The fourth-order valence-corrected chi connectivity index (χ4v) is 3.82. The van der Waals surface area contributed by atoms with Gasteiger partial charge < -0.3 is 15.1 Å². The summed E-state index contributed by atoms with van der Waals surface area (Å²) in [6, 6.07) is 10.2. The van der Waals surface area contributed by atoms with Gasteiger partial charge in [-0.05, 0) is 37.2 Å². The molecule has 2 amide bonds. The van der Waals surface area contributed by atoms with Crippen LogP contribution in [0.3, 0.4) is 0 Å². The summed E-state index contributed by atoms with van der Waals surface area (Å²) in [7, 11) is 0. The lowest BCUT2D eigenvalue weighted by Gasteiger charge is -2.34. The number of hydrogen-bond acceptors (Lipinski definition) is 6. The van der Waals surface area contributed by atoms with Gasteiger partial charge in [0.15, 0.2) is 5.82 Å². The van der Waals surface area contributed by atoms with Crippen molar-refractivity contribution in [2.75, 3.05) is 38.0 Å². The average molecular weight is 450 g/mol. The molecule has 172 valence electrons. The van der Waals surface area contributed by atoms with Crippen molar-refractivity contribution in [3.05, 3.63) is 69.8 Å². The van der Waals surface area contributed by atoms with Crippen LogP contribution < -0.4 is 10.9 Å². The van der Waals surface area contributed by atoms with Gasteiger partial charge in [-0.2, -0.15) is 10.2 Å². The quantitative estimate of drug-likeness (QED) is 0.585. The summed E-state index contributed by atoms with van der Waals surface area (Å²) < 4.78 is 1.49. The Kier molecular flexibility index (Phi) is 6.64. The number of rotatable bonds is 6. The third kappa shape index (κ3) is 5.17. The molecule has 33 heavy (non-hydrogen) atoms. The summed E-state index contributed by atoms with van der Waals surface area (Å²) >= 11 is 0. The molecule has 1 aliphatic rings. The molecule has 2 aromatic heterocycles. The molecule has 1 fully saturated rings. The molecule has 1 aliphatic heterocycles. The summed E-state index contributed by atoms with van der Waals surface area (Å²) in [6.45, 7) is 8.27. The SMILES string of the molecule is CCN1CCN(C(=O)Cc2ccc(NC(=O)c3cnn(-c4ccc(=O)[nH]n4)c3C)cc2)CC1. The van der Waals surface area contributed by atoms with Gasteiger partial charge in [-0.25, -0.2) is 9.78 Å². The highest BCUT2D eigenvalue weighted by atomic mass is 16.2. The van der Waals surface area contributed by atoms with Gasteiger partial charge in [-0.3, -0.25) is 14.4 Å². The van der Waals surface area contributed by atoms with Crippen molar-refractivity contribution >= 4 is 17.5 Å². The zero-order valence-corrected chi connectivity index (χ0v) is 18.7. The highest BCUT2D eigenvalue weighted by Crippen LogP contribution is 2.16. The van der Waals surface area contributed by atoms with Crippen molar-refractivity contribution < 1.29 is 9.59 Å². The number of amides is 2. The largest absolute Gasteiger partial charge is 0.340 e. The van der Waals surface area contributed by atoms with E-state index in [4.69, 9.17) is 0 Å². The van der Waals surface area contributed by atoms with Gasteiger partial charge >= 0.3 is 0 Å². The lowest BCUT2D eigenvalue weighted by atomic mass is 10.1. The Hall–Kier alpha value is -3.79. The minimum Gasteiger partial charge on any atom is -0.340 e. The van der Waals surface area contributed by atoms with Crippen LogP contribution in [0.1, 0.15) is 28.5 Å². The lowest BCUT2D eigenvalue weighted by Crippen LogP contribution is -2.48. The summed E-state index contributed by atoms with van der Waals surface area (Å²) in [4.78, 5) is 40.8. The molecule has 2 N–H and O–H groups in total. The molecule has 0 unspecified atom stereocenters. The van der Waals surface area contributed by atoms with Crippen LogP contribution in [0.25, 0.3) is 5.82 Å². The first kappa shape index (κ1) is 22.4. The first-order valence-corrected chi connectivity index (χ1v) is 11.0. The second-order valence-electron chi connectivity index (χ2n) is 7.98. The van der Waals surface area contributed by atoms with Crippen molar-refractivity contribution in [1.29, 1.82) is 0 Å². The number of hydrogen-bond donors (Lipinski definition) is 2. The third-order valence-electron chi connectivity index (χ3n) is 5.88. The number of nitrogens with zero attached hydrogens (tertiary/aromatic N) is 5. The normalized spacial score (nSPS) is 14.3. The van der Waals surface area contributed by atoms with Crippen LogP contribution in [0.15, 0.2) is 47.4 Å². The first-order chi connectivity index (χ1) is 15.9. The Morgan fingerprint density at radius 1 is 1.06 bits per heavy atom. The molecule has 0 saturated carbocycles. The summed E-state index contributed by atoms with van der Waals surface area (Å²) in [5.74, 6) is 0.235. The number of carbonyl (C=O) groups excluding carboxylic acids is 2. The molecule has 3 heterocycles. The van der Waals surface area contributed by atoms with E-state index >= 15 is 0 Å². The molecule has 0 atom stereocenters. The van der Waals surface area contributed by atoms with Gasteiger partial charge in [-0.1, -0.05) is 19.1 Å². The van der Waals surface area contributed by atoms with E-state index in [9.17, 15) is 14.4 Å². The standard InChI is InChI=1S/C23H27N7O3/c1-3-28-10-12-29(13-11-28)22(32)14-17-4-6-18(7-5-17)25-23(33)19-15-24-30(16(19)2)20-8-9-21(31)27-26-20/h4-9,15H,3,10-14H2,1-2H3,(H,25,33)(H,27,31). The zero-order valence-electron chi connectivity index (χ0n) is 18.7. The van der Waals surface area contributed by atoms with E-state index in [0.29, 0.717) is 29.2 Å². The van der Waals surface area contributed by atoms with Crippen molar-refractivity contribution in [2.45, 2.75) is 20.3 Å². The van der Waals surface area contributed by atoms with E-state index in [1.165, 1.54) is 23.0 Å². The number of likely N-dealkylation sites (N-methyl/N-ethyl adjacent to an activating group) is 1. The van der Waals surface area contributed by atoms with Gasteiger partial charge in [0.2, 0.25) is 5.91 Å². The topological polar surface area (TPSA) is 116 Å². The fourth-order valence-electron chi connectivity index (χ4n) is 3.82. The van der Waals surface area contributed by atoms with Gasteiger partial charge in [0.05, 0.1) is 23.9 Å². The number of piperazine rings is 1. The Morgan fingerprint density at radius 3 is 2.42 bits per heavy atom. The molecule has 10 heteroatoms. The number of H-pyrrole nitrogens is 1. The van der Waals surface area contributed by atoms with Crippen LogP contribution >= 0.6 is 0 Å². The van der Waals surface area contributed by atoms with E-state index in [1.54, 1.807) is 19.1 Å². The molecule has 1 saturated heterocycles. The van der Waals surface area contributed by atoms with Crippen molar-refractivity contribution in [1.82, 2.24) is 29.8 Å². The van der Waals surface area contributed by atoms with Gasteiger partial charge in [0, 0.05) is 37.9 Å². The van der Waals surface area contributed by atoms with Crippen LogP contribution in [0.2, 0.25) is 0 Å². The van der Waals surface area contributed by atoms with E-state index in [0.717, 1.165) is 38.3 Å². The minimum atomic E-state index is -0.314. The Balaban J connectivity index is 1.36.